The molecule has 0 fully saturated rings. The number of aliphatic hydroxyl groups excluding tert-OH is 2. The first-order valence-electron chi connectivity index (χ1n) is 5.82. The molecule has 0 unspecified atom stereocenters. The maximum absolute atomic E-state index is 13.3. The number of hydrogen-bond donors (Lipinski definition) is 3. The van der Waals surface area contributed by atoms with Gasteiger partial charge in [-0.05, 0) is 38.0 Å². The van der Waals surface area contributed by atoms with Crippen LogP contribution in [0.15, 0.2) is 18.2 Å². The molecule has 0 aliphatic rings. The molecule has 0 spiro atoms. The van der Waals surface area contributed by atoms with Gasteiger partial charge < -0.3 is 15.5 Å². The molecule has 3 N–H and O–H groups in total. The van der Waals surface area contributed by atoms with E-state index in [2.05, 4.69) is 5.32 Å². The second-order valence-electron chi connectivity index (χ2n) is 5.03. The molecule has 0 aromatic heterocycles. The first kappa shape index (κ1) is 15.4. The van der Waals surface area contributed by atoms with E-state index in [0.717, 1.165) is 5.56 Å². The van der Waals surface area contributed by atoms with E-state index in [1.165, 1.54) is 12.1 Å². The largest absolute Gasteiger partial charge is 0.394 e. The average Bonchev–Trinajstić information content (AvgIpc) is 2.30. The molecule has 0 aliphatic heterocycles. The van der Waals surface area contributed by atoms with Crippen molar-refractivity contribution in [3.8, 4) is 0 Å². The van der Waals surface area contributed by atoms with Gasteiger partial charge in [0.05, 0.1) is 17.7 Å². The van der Waals surface area contributed by atoms with Gasteiger partial charge in [0.25, 0.3) is 0 Å². The van der Waals surface area contributed by atoms with Crippen molar-refractivity contribution in [1.82, 2.24) is 5.32 Å². The molecule has 1 rings (SSSR count). The zero-order valence-corrected chi connectivity index (χ0v) is 11.3. The summed E-state index contributed by atoms with van der Waals surface area (Å²) in [5, 5.41) is 21.3. The molecule has 3 nitrogen and oxygen atoms in total. The van der Waals surface area contributed by atoms with Gasteiger partial charge >= 0.3 is 0 Å². The highest BCUT2D eigenvalue weighted by Gasteiger charge is 2.19. The molecule has 0 radical (unpaired) electrons. The van der Waals surface area contributed by atoms with Crippen LogP contribution >= 0.6 is 11.6 Å². The number of aliphatic hydroxyl groups is 2. The van der Waals surface area contributed by atoms with Crippen molar-refractivity contribution in [3.63, 3.8) is 0 Å². The van der Waals surface area contributed by atoms with E-state index >= 15 is 0 Å². The molecule has 0 saturated carbocycles. The number of hydrogen-bond acceptors (Lipinski definition) is 3. The van der Waals surface area contributed by atoms with Crippen molar-refractivity contribution in [1.29, 1.82) is 0 Å². The van der Waals surface area contributed by atoms with Crippen LogP contribution in [0.5, 0.6) is 0 Å². The van der Waals surface area contributed by atoms with Gasteiger partial charge in [0.1, 0.15) is 5.82 Å². The summed E-state index contributed by atoms with van der Waals surface area (Å²) in [5.74, 6) is -0.430. The monoisotopic (exact) mass is 275 g/mol. The van der Waals surface area contributed by atoms with Crippen LogP contribution in [0.4, 0.5) is 4.39 Å². The maximum Gasteiger partial charge on any atom is 0.142 e. The van der Waals surface area contributed by atoms with Crippen molar-refractivity contribution >= 4 is 11.6 Å². The first-order chi connectivity index (χ1) is 8.34. The Balaban J connectivity index is 2.61. The zero-order chi connectivity index (χ0) is 13.8. The summed E-state index contributed by atoms with van der Waals surface area (Å²) < 4.78 is 13.3. The minimum Gasteiger partial charge on any atom is -0.394 e. The molecular weight excluding hydrogens is 257 g/mol. The molecule has 1 aromatic carbocycles. The fraction of sp³-hybridized carbons (Fsp3) is 0.538. The smallest absolute Gasteiger partial charge is 0.142 e. The molecule has 5 heteroatoms. The van der Waals surface area contributed by atoms with Crippen LogP contribution in [-0.4, -0.2) is 35.0 Å². The number of nitrogens with one attached hydrogen (secondary N) is 1. The Morgan fingerprint density at radius 1 is 1.44 bits per heavy atom. The van der Waals surface area contributed by atoms with Gasteiger partial charge in [0.15, 0.2) is 0 Å². The van der Waals surface area contributed by atoms with Crippen LogP contribution in [0.25, 0.3) is 0 Å². The Bertz CT molecular complexity index is 399. The van der Waals surface area contributed by atoms with Crippen molar-refractivity contribution in [2.24, 2.45) is 0 Å². The fourth-order valence-electron chi connectivity index (χ4n) is 1.68. The highest BCUT2D eigenvalue weighted by atomic mass is 35.5. The number of β-amino-alcohol motifs (C(OH)–C–C–N with tert-alkyl or cyclic N) is 1. The summed E-state index contributed by atoms with van der Waals surface area (Å²) >= 11 is 5.62. The van der Waals surface area contributed by atoms with Gasteiger partial charge in [0.2, 0.25) is 0 Å². The standard InChI is InChI=1S/C13H19ClFNO2/c1-13(2,16-7-10(18)8-17)6-9-3-4-11(14)12(15)5-9/h3-5,10,16-18H,6-8H2,1-2H3/t10-/m1/s1. The Labute approximate surface area is 112 Å². The molecule has 0 heterocycles. The van der Waals surface area contributed by atoms with E-state index in [9.17, 15) is 9.50 Å². The molecule has 0 bridgehead atoms. The van der Waals surface area contributed by atoms with Crippen LogP contribution in [0.1, 0.15) is 19.4 Å². The summed E-state index contributed by atoms with van der Waals surface area (Å²) in [4.78, 5) is 0. The van der Waals surface area contributed by atoms with E-state index < -0.39 is 11.9 Å². The molecule has 0 aliphatic carbocycles. The van der Waals surface area contributed by atoms with Crippen molar-refractivity contribution in [2.75, 3.05) is 13.2 Å². The Morgan fingerprint density at radius 3 is 2.67 bits per heavy atom. The lowest BCUT2D eigenvalue weighted by Crippen LogP contribution is -2.45. The van der Waals surface area contributed by atoms with Crippen LogP contribution in [0.3, 0.4) is 0 Å². The normalized spacial score (nSPS) is 13.7. The van der Waals surface area contributed by atoms with Crippen LogP contribution in [0, 0.1) is 5.82 Å². The maximum atomic E-state index is 13.3. The minimum absolute atomic E-state index is 0.111. The predicted molar refractivity (Wildman–Crippen MR) is 70.3 cm³/mol. The number of benzene rings is 1. The number of rotatable bonds is 6. The van der Waals surface area contributed by atoms with Crippen molar-refractivity contribution < 1.29 is 14.6 Å². The van der Waals surface area contributed by atoms with Gasteiger partial charge in [-0.2, -0.15) is 0 Å². The second kappa shape index (κ2) is 6.48. The second-order valence-corrected chi connectivity index (χ2v) is 5.43. The molecule has 102 valence electrons. The lowest BCUT2D eigenvalue weighted by molar-refractivity contribution is 0.0877. The molecule has 18 heavy (non-hydrogen) atoms. The third-order valence-electron chi connectivity index (χ3n) is 2.66. The molecule has 0 saturated heterocycles. The molecule has 1 atom stereocenters. The van der Waals surface area contributed by atoms with Gasteiger partial charge in [-0.15, -0.1) is 0 Å². The third kappa shape index (κ3) is 4.90. The van der Waals surface area contributed by atoms with Gasteiger partial charge in [-0.25, -0.2) is 4.39 Å². The SMILES string of the molecule is CC(C)(Cc1ccc(Cl)c(F)c1)NC[C@@H](O)CO. The van der Waals surface area contributed by atoms with Gasteiger partial charge in [0, 0.05) is 12.1 Å². The molecule has 0 amide bonds. The summed E-state index contributed by atoms with van der Waals surface area (Å²) in [5.41, 5.74) is 0.518. The fourth-order valence-corrected chi connectivity index (χ4v) is 1.80. The van der Waals surface area contributed by atoms with E-state index in [0.29, 0.717) is 13.0 Å². The zero-order valence-electron chi connectivity index (χ0n) is 10.6. The van der Waals surface area contributed by atoms with Crippen molar-refractivity contribution in [3.05, 3.63) is 34.6 Å². The van der Waals surface area contributed by atoms with Crippen LogP contribution < -0.4 is 5.32 Å². The topological polar surface area (TPSA) is 52.5 Å². The highest BCUT2D eigenvalue weighted by Crippen LogP contribution is 2.19. The Hall–Kier alpha value is -0.680. The van der Waals surface area contributed by atoms with E-state index in [-0.39, 0.29) is 17.2 Å². The van der Waals surface area contributed by atoms with Crippen LogP contribution in [-0.2, 0) is 6.42 Å². The quantitative estimate of drug-likeness (QED) is 0.741. The summed E-state index contributed by atoms with van der Waals surface area (Å²) in [6.45, 7) is 3.91. The van der Waals surface area contributed by atoms with E-state index in [1.54, 1.807) is 6.07 Å². The Morgan fingerprint density at radius 2 is 2.11 bits per heavy atom. The number of halogens is 2. The van der Waals surface area contributed by atoms with Crippen molar-refractivity contribution in [2.45, 2.75) is 31.9 Å². The van der Waals surface area contributed by atoms with Gasteiger partial charge in [-0.3, -0.25) is 0 Å². The van der Waals surface area contributed by atoms with Gasteiger partial charge in [-0.1, -0.05) is 17.7 Å². The van der Waals surface area contributed by atoms with E-state index in [4.69, 9.17) is 16.7 Å². The summed E-state index contributed by atoms with van der Waals surface area (Å²) in [6.07, 6.45) is -0.189. The Kier molecular flexibility index (Phi) is 5.53. The average molecular weight is 276 g/mol. The first-order valence-corrected chi connectivity index (χ1v) is 6.20. The van der Waals surface area contributed by atoms with E-state index in [1.807, 2.05) is 13.8 Å². The lowest BCUT2D eigenvalue weighted by Gasteiger charge is -2.27. The lowest BCUT2D eigenvalue weighted by atomic mass is 9.94. The summed E-state index contributed by atoms with van der Waals surface area (Å²) in [7, 11) is 0. The predicted octanol–water partition coefficient (Wildman–Crippen LogP) is 1.74. The van der Waals surface area contributed by atoms with Crippen LogP contribution in [0.2, 0.25) is 5.02 Å². The third-order valence-corrected chi connectivity index (χ3v) is 2.96. The highest BCUT2D eigenvalue weighted by molar-refractivity contribution is 6.30. The minimum atomic E-state index is -0.786. The molecular formula is C13H19ClFNO2. The summed E-state index contributed by atoms with van der Waals surface area (Å²) in [6, 6.07) is 4.72. The molecule has 1 aromatic rings.